The summed E-state index contributed by atoms with van der Waals surface area (Å²) in [6.45, 7) is 0. The van der Waals surface area contributed by atoms with Crippen molar-refractivity contribution < 1.29 is 9.90 Å². The third kappa shape index (κ3) is 3.14. The molecule has 1 aromatic carbocycles. The van der Waals surface area contributed by atoms with Crippen LogP contribution in [0.15, 0.2) is 28.7 Å². The Balaban J connectivity index is 2.22. The lowest BCUT2D eigenvalue weighted by Crippen LogP contribution is -2.32. The summed E-state index contributed by atoms with van der Waals surface area (Å²) in [5.41, 5.74) is 0.575. The fourth-order valence-corrected chi connectivity index (χ4v) is 3.36. The second-order valence-corrected chi connectivity index (χ2v) is 6.22. The summed E-state index contributed by atoms with van der Waals surface area (Å²) in [6, 6.07) is 8.02. The van der Waals surface area contributed by atoms with Gasteiger partial charge >= 0.3 is 5.97 Å². The van der Waals surface area contributed by atoms with E-state index in [0.29, 0.717) is 6.42 Å². The van der Waals surface area contributed by atoms with Crippen LogP contribution in [0.3, 0.4) is 0 Å². The molecule has 2 rings (SSSR count). The number of hydrogen-bond donors (Lipinski definition) is 1. The van der Waals surface area contributed by atoms with E-state index in [9.17, 15) is 9.90 Å². The SMILES string of the molecule is O=C(O)C1(Cc2cccc(Br)c2)CCCCCC1. The standard InChI is InChI=1S/C15H19BrO2/c16-13-7-5-6-12(10-13)11-15(14(17)18)8-3-1-2-4-9-15/h5-7,10H,1-4,8-9,11H2,(H,17,18). The van der Waals surface area contributed by atoms with Crippen LogP contribution in [0.2, 0.25) is 0 Å². The highest BCUT2D eigenvalue weighted by atomic mass is 79.9. The van der Waals surface area contributed by atoms with Crippen molar-refractivity contribution in [2.75, 3.05) is 0 Å². The van der Waals surface area contributed by atoms with Gasteiger partial charge in [-0.15, -0.1) is 0 Å². The number of hydrogen-bond acceptors (Lipinski definition) is 1. The van der Waals surface area contributed by atoms with Crippen LogP contribution in [0.5, 0.6) is 0 Å². The minimum absolute atomic E-state index is 0.544. The molecule has 0 atom stereocenters. The van der Waals surface area contributed by atoms with E-state index < -0.39 is 11.4 Å². The Kier molecular flexibility index (Phi) is 4.44. The molecule has 0 bridgehead atoms. The second-order valence-electron chi connectivity index (χ2n) is 5.31. The molecule has 1 fully saturated rings. The van der Waals surface area contributed by atoms with Gasteiger partial charge in [0, 0.05) is 4.47 Å². The Labute approximate surface area is 117 Å². The molecule has 0 unspecified atom stereocenters. The maximum Gasteiger partial charge on any atom is 0.309 e. The first-order valence-electron chi connectivity index (χ1n) is 6.60. The molecular formula is C15H19BrO2. The van der Waals surface area contributed by atoms with E-state index in [-0.39, 0.29) is 0 Å². The highest BCUT2D eigenvalue weighted by Gasteiger charge is 2.38. The van der Waals surface area contributed by atoms with Gasteiger partial charge in [-0.3, -0.25) is 4.79 Å². The molecule has 0 radical (unpaired) electrons. The van der Waals surface area contributed by atoms with Gasteiger partial charge in [0.15, 0.2) is 0 Å². The van der Waals surface area contributed by atoms with Crippen molar-refractivity contribution in [1.29, 1.82) is 0 Å². The van der Waals surface area contributed by atoms with E-state index in [2.05, 4.69) is 15.9 Å². The van der Waals surface area contributed by atoms with Gasteiger partial charge in [0.2, 0.25) is 0 Å². The van der Waals surface area contributed by atoms with Gasteiger partial charge in [-0.1, -0.05) is 53.7 Å². The van der Waals surface area contributed by atoms with Crippen molar-refractivity contribution in [3.8, 4) is 0 Å². The average Bonchev–Trinajstić information content (AvgIpc) is 2.55. The maximum absolute atomic E-state index is 11.7. The van der Waals surface area contributed by atoms with E-state index in [4.69, 9.17) is 0 Å². The first-order valence-corrected chi connectivity index (χ1v) is 7.40. The smallest absolute Gasteiger partial charge is 0.309 e. The third-order valence-corrected chi connectivity index (χ3v) is 4.44. The zero-order valence-corrected chi connectivity index (χ0v) is 12.1. The Morgan fingerprint density at radius 1 is 1.22 bits per heavy atom. The number of rotatable bonds is 3. The lowest BCUT2D eigenvalue weighted by Gasteiger charge is -2.28. The van der Waals surface area contributed by atoms with Crippen molar-refractivity contribution >= 4 is 21.9 Å². The number of benzene rings is 1. The van der Waals surface area contributed by atoms with Gasteiger partial charge in [-0.2, -0.15) is 0 Å². The highest BCUT2D eigenvalue weighted by molar-refractivity contribution is 9.10. The van der Waals surface area contributed by atoms with Crippen molar-refractivity contribution in [2.45, 2.75) is 44.9 Å². The molecule has 0 amide bonds. The second kappa shape index (κ2) is 5.87. The monoisotopic (exact) mass is 310 g/mol. The molecule has 98 valence electrons. The minimum Gasteiger partial charge on any atom is -0.481 e. The summed E-state index contributed by atoms with van der Waals surface area (Å²) >= 11 is 3.45. The van der Waals surface area contributed by atoms with E-state index in [0.717, 1.165) is 35.7 Å². The van der Waals surface area contributed by atoms with Crippen LogP contribution >= 0.6 is 15.9 Å². The molecule has 1 saturated carbocycles. The molecule has 0 aliphatic heterocycles. The van der Waals surface area contributed by atoms with Gasteiger partial charge in [0.25, 0.3) is 0 Å². The van der Waals surface area contributed by atoms with Gasteiger partial charge < -0.3 is 5.11 Å². The normalized spacial score (nSPS) is 19.2. The summed E-state index contributed by atoms with van der Waals surface area (Å²) in [4.78, 5) is 11.7. The van der Waals surface area contributed by atoms with E-state index in [1.807, 2.05) is 24.3 Å². The zero-order valence-electron chi connectivity index (χ0n) is 10.5. The predicted molar refractivity (Wildman–Crippen MR) is 75.6 cm³/mol. The number of carboxylic acid groups (broad SMARTS) is 1. The summed E-state index contributed by atoms with van der Waals surface area (Å²) < 4.78 is 1.02. The van der Waals surface area contributed by atoms with Gasteiger partial charge in [0.1, 0.15) is 0 Å². The molecule has 1 aromatic rings. The topological polar surface area (TPSA) is 37.3 Å². The van der Waals surface area contributed by atoms with E-state index in [1.165, 1.54) is 12.8 Å². The van der Waals surface area contributed by atoms with Crippen LogP contribution < -0.4 is 0 Å². The lowest BCUT2D eigenvalue weighted by atomic mass is 9.75. The summed E-state index contributed by atoms with van der Waals surface area (Å²) in [6.07, 6.45) is 6.72. The van der Waals surface area contributed by atoms with Gasteiger partial charge in [-0.05, 0) is 37.0 Å². The van der Waals surface area contributed by atoms with Crippen LogP contribution in [0, 0.1) is 5.41 Å². The molecule has 18 heavy (non-hydrogen) atoms. The fraction of sp³-hybridized carbons (Fsp3) is 0.533. The number of halogens is 1. The summed E-state index contributed by atoms with van der Waals surface area (Å²) in [5, 5.41) is 9.63. The first-order chi connectivity index (χ1) is 8.62. The van der Waals surface area contributed by atoms with E-state index in [1.54, 1.807) is 0 Å². The minimum atomic E-state index is -0.621. The van der Waals surface area contributed by atoms with E-state index >= 15 is 0 Å². The van der Waals surface area contributed by atoms with Gasteiger partial charge in [-0.25, -0.2) is 0 Å². The average molecular weight is 311 g/mol. The molecule has 0 aromatic heterocycles. The Morgan fingerprint density at radius 3 is 2.44 bits per heavy atom. The van der Waals surface area contributed by atoms with Crippen LogP contribution in [-0.4, -0.2) is 11.1 Å². The Morgan fingerprint density at radius 2 is 1.89 bits per heavy atom. The molecule has 2 nitrogen and oxygen atoms in total. The molecule has 0 saturated heterocycles. The van der Waals surface area contributed by atoms with Crippen LogP contribution in [-0.2, 0) is 11.2 Å². The van der Waals surface area contributed by atoms with Crippen LogP contribution in [0.1, 0.15) is 44.1 Å². The molecule has 3 heteroatoms. The van der Waals surface area contributed by atoms with Crippen molar-refractivity contribution in [3.05, 3.63) is 34.3 Å². The number of carboxylic acids is 1. The van der Waals surface area contributed by atoms with Crippen molar-refractivity contribution in [2.24, 2.45) is 5.41 Å². The van der Waals surface area contributed by atoms with Gasteiger partial charge in [0.05, 0.1) is 5.41 Å². The summed E-state index contributed by atoms with van der Waals surface area (Å²) in [7, 11) is 0. The Bertz CT molecular complexity index is 420. The highest BCUT2D eigenvalue weighted by Crippen LogP contribution is 2.38. The largest absolute Gasteiger partial charge is 0.481 e. The molecule has 0 heterocycles. The predicted octanol–water partition coefficient (Wildman–Crippen LogP) is 4.42. The lowest BCUT2D eigenvalue weighted by molar-refractivity contribution is -0.149. The van der Waals surface area contributed by atoms with Crippen molar-refractivity contribution in [1.82, 2.24) is 0 Å². The quantitative estimate of drug-likeness (QED) is 0.839. The zero-order chi connectivity index (χ0) is 13.0. The molecule has 1 N–H and O–H groups in total. The molecular weight excluding hydrogens is 292 g/mol. The number of carbonyl (C=O) groups is 1. The first kappa shape index (κ1) is 13.6. The Hall–Kier alpha value is -0.830. The summed E-state index contributed by atoms with van der Waals surface area (Å²) in [5.74, 6) is -0.621. The fourth-order valence-electron chi connectivity index (χ4n) is 2.91. The maximum atomic E-state index is 11.7. The molecule has 1 aliphatic rings. The van der Waals surface area contributed by atoms with Crippen LogP contribution in [0.4, 0.5) is 0 Å². The third-order valence-electron chi connectivity index (χ3n) is 3.95. The van der Waals surface area contributed by atoms with Crippen LogP contribution in [0.25, 0.3) is 0 Å². The molecule has 0 spiro atoms. The van der Waals surface area contributed by atoms with Crippen molar-refractivity contribution in [3.63, 3.8) is 0 Å². The molecule has 1 aliphatic carbocycles. The number of aliphatic carboxylic acids is 1.